The quantitative estimate of drug-likeness (QED) is 0.889. The fourth-order valence-corrected chi connectivity index (χ4v) is 2.23. The van der Waals surface area contributed by atoms with Gasteiger partial charge >= 0.3 is 12.1 Å². The highest BCUT2D eigenvalue weighted by Gasteiger charge is 2.19. The van der Waals surface area contributed by atoms with Gasteiger partial charge in [0.05, 0.1) is 11.6 Å². The number of amides is 1. The molecule has 0 unspecified atom stereocenters. The van der Waals surface area contributed by atoms with E-state index >= 15 is 0 Å². The van der Waals surface area contributed by atoms with Gasteiger partial charge in [-0.2, -0.15) is 0 Å². The minimum atomic E-state index is -1.05. The smallest absolute Gasteiger partial charge is 0.412 e. The topological polar surface area (TPSA) is 84.9 Å². The molecule has 0 aromatic carbocycles. The summed E-state index contributed by atoms with van der Waals surface area (Å²) in [6.45, 7) is 5.42. The van der Waals surface area contributed by atoms with Crippen molar-refractivity contribution < 1.29 is 24.2 Å². The Labute approximate surface area is 115 Å². The van der Waals surface area contributed by atoms with E-state index in [2.05, 4.69) is 5.32 Å². The van der Waals surface area contributed by atoms with Gasteiger partial charge in [-0.1, -0.05) is 0 Å². The largest absolute Gasteiger partial charge is 0.477 e. The summed E-state index contributed by atoms with van der Waals surface area (Å²) in [6.07, 6.45) is -0.616. The molecule has 1 heterocycles. The van der Waals surface area contributed by atoms with Crippen LogP contribution in [0.3, 0.4) is 0 Å². The molecule has 19 heavy (non-hydrogen) atoms. The lowest BCUT2D eigenvalue weighted by Gasteiger charge is -2.19. The molecule has 1 amide bonds. The molecule has 0 aliphatic rings. The van der Waals surface area contributed by atoms with Gasteiger partial charge in [-0.15, -0.1) is 11.3 Å². The molecule has 1 aromatic heterocycles. The van der Waals surface area contributed by atoms with Crippen LogP contribution in [0.2, 0.25) is 0 Å². The van der Waals surface area contributed by atoms with Gasteiger partial charge in [0.15, 0.2) is 0 Å². The molecule has 1 rings (SSSR count). The highest BCUT2D eigenvalue weighted by atomic mass is 32.1. The maximum absolute atomic E-state index is 11.6. The van der Waals surface area contributed by atoms with Gasteiger partial charge in [0, 0.05) is 12.7 Å². The molecule has 0 aliphatic heterocycles. The van der Waals surface area contributed by atoms with E-state index in [1.807, 2.05) is 0 Å². The number of thiophene rings is 1. The highest BCUT2D eigenvalue weighted by Crippen LogP contribution is 2.28. The normalized spacial score (nSPS) is 11.2. The molecule has 6 nitrogen and oxygen atoms in total. The number of carboxylic acids is 1. The van der Waals surface area contributed by atoms with E-state index in [1.165, 1.54) is 7.11 Å². The van der Waals surface area contributed by atoms with Gasteiger partial charge in [0.1, 0.15) is 10.5 Å². The second-order valence-electron chi connectivity index (χ2n) is 4.83. The van der Waals surface area contributed by atoms with E-state index in [4.69, 9.17) is 14.6 Å². The Morgan fingerprint density at radius 2 is 2.05 bits per heavy atom. The number of carbonyl (C=O) groups is 2. The highest BCUT2D eigenvalue weighted by molar-refractivity contribution is 7.18. The van der Waals surface area contributed by atoms with Crippen LogP contribution in [0.15, 0.2) is 6.07 Å². The fourth-order valence-electron chi connectivity index (χ4n) is 1.34. The number of ether oxygens (including phenoxy) is 2. The van der Waals surface area contributed by atoms with Gasteiger partial charge in [0.25, 0.3) is 0 Å². The van der Waals surface area contributed by atoms with Crippen LogP contribution < -0.4 is 5.32 Å². The van der Waals surface area contributed by atoms with Gasteiger partial charge in [-0.3, -0.25) is 5.32 Å². The maximum atomic E-state index is 11.6. The van der Waals surface area contributed by atoms with Crippen molar-refractivity contribution in [3.8, 4) is 0 Å². The van der Waals surface area contributed by atoms with Crippen LogP contribution in [0.25, 0.3) is 0 Å². The SMILES string of the molecule is COCc1cc(NC(=O)OC(C)(C)C)sc1C(=O)O. The van der Waals surface area contributed by atoms with Crippen LogP contribution >= 0.6 is 11.3 Å². The minimum absolute atomic E-state index is 0.146. The van der Waals surface area contributed by atoms with Gasteiger partial charge < -0.3 is 14.6 Å². The summed E-state index contributed by atoms with van der Waals surface area (Å²) in [4.78, 5) is 22.8. The second kappa shape index (κ2) is 6.03. The van der Waals surface area contributed by atoms with Crippen LogP contribution in [0, 0.1) is 0 Å². The van der Waals surface area contributed by atoms with Crippen molar-refractivity contribution in [1.29, 1.82) is 0 Å². The van der Waals surface area contributed by atoms with Gasteiger partial charge in [-0.05, 0) is 26.8 Å². The number of anilines is 1. The van der Waals surface area contributed by atoms with E-state index in [0.717, 1.165) is 11.3 Å². The summed E-state index contributed by atoms with van der Waals surface area (Å²) in [6, 6.07) is 1.57. The van der Waals surface area contributed by atoms with Crippen LogP contribution in [0.5, 0.6) is 0 Å². The Morgan fingerprint density at radius 3 is 2.53 bits per heavy atom. The Balaban J connectivity index is 2.82. The third-order valence-electron chi connectivity index (χ3n) is 1.93. The summed E-state index contributed by atoms with van der Waals surface area (Å²) >= 11 is 0.970. The summed E-state index contributed by atoms with van der Waals surface area (Å²) < 4.78 is 10.0. The van der Waals surface area contributed by atoms with E-state index < -0.39 is 17.7 Å². The number of aromatic carboxylic acids is 1. The number of nitrogens with one attached hydrogen (secondary N) is 1. The van der Waals surface area contributed by atoms with Gasteiger partial charge in [-0.25, -0.2) is 9.59 Å². The predicted octanol–water partition coefficient (Wildman–Crippen LogP) is 2.94. The summed E-state index contributed by atoms with van der Waals surface area (Å²) in [5, 5.41) is 12.0. The third-order valence-corrected chi connectivity index (χ3v) is 3.01. The van der Waals surface area contributed by atoms with E-state index in [0.29, 0.717) is 10.6 Å². The molecule has 0 spiro atoms. The van der Waals surface area contributed by atoms with Crippen LogP contribution in [0.1, 0.15) is 36.0 Å². The molecular weight excluding hydrogens is 270 g/mol. The third kappa shape index (κ3) is 4.88. The van der Waals surface area contributed by atoms with E-state index in [1.54, 1.807) is 26.8 Å². The summed E-state index contributed by atoms with van der Waals surface area (Å²) in [5.41, 5.74) is -0.0853. The molecule has 0 saturated carbocycles. The van der Waals surface area contributed by atoms with Gasteiger partial charge in [0.2, 0.25) is 0 Å². The fraction of sp³-hybridized carbons (Fsp3) is 0.500. The second-order valence-corrected chi connectivity index (χ2v) is 5.88. The molecule has 1 aromatic rings. The Morgan fingerprint density at radius 1 is 1.42 bits per heavy atom. The first-order valence-electron chi connectivity index (χ1n) is 5.58. The molecule has 2 N–H and O–H groups in total. The lowest BCUT2D eigenvalue weighted by molar-refractivity contribution is 0.0634. The maximum Gasteiger partial charge on any atom is 0.412 e. The van der Waals surface area contributed by atoms with E-state index in [9.17, 15) is 9.59 Å². The molecule has 0 fully saturated rings. The zero-order chi connectivity index (χ0) is 14.6. The number of carboxylic acid groups (broad SMARTS) is 1. The zero-order valence-electron chi connectivity index (χ0n) is 11.3. The number of methoxy groups -OCH3 is 1. The molecule has 0 radical (unpaired) electrons. The van der Waals surface area contributed by atoms with Crippen LogP contribution in [-0.4, -0.2) is 29.9 Å². The molecule has 0 atom stereocenters. The van der Waals surface area contributed by atoms with Crippen molar-refractivity contribution in [1.82, 2.24) is 0 Å². The van der Waals surface area contributed by atoms with Crippen LogP contribution in [0.4, 0.5) is 9.80 Å². The van der Waals surface area contributed by atoms with Crippen molar-refractivity contribution in [3.63, 3.8) is 0 Å². The van der Waals surface area contributed by atoms with Crippen molar-refractivity contribution >= 4 is 28.4 Å². The monoisotopic (exact) mass is 287 g/mol. The zero-order valence-corrected chi connectivity index (χ0v) is 12.1. The van der Waals surface area contributed by atoms with Crippen LogP contribution in [-0.2, 0) is 16.1 Å². The number of hydrogen-bond donors (Lipinski definition) is 2. The molecule has 0 bridgehead atoms. The van der Waals surface area contributed by atoms with Crippen molar-refractivity contribution in [2.45, 2.75) is 33.0 Å². The average Bonchev–Trinajstić information content (AvgIpc) is 2.58. The first-order valence-corrected chi connectivity index (χ1v) is 6.39. The lowest BCUT2D eigenvalue weighted by atomic mass is 10.2. The predicted molar refractivity (Wildman–Crippen MR) is 71.8 cm³/mol. The molecule has 0 aliphatic carbocycles. The van der Waals surface area contributed by atoms with Crippen molar-refractivity contribution in [3.05, 3.63) is 16.5 Å². The number of hydrogen-bond acceptors (Lipinski definition) is 5. The average molecular weight is 287 g/mol. The Bertz CT molecular complexity index is 475. The van der Waals surface area contributed by atoms with Crippen molar-refractivity contribution in [2.24, 2.45) is 0 Å². The summed E-state index contributed by atoms with van der Waals surface area (Å²) in [7, 11) is 1.48. The summed E-state index contributed by atoms with van der Waals surface area (Å²) in [5.74, 6) is -1.05. The molecule has 7 heteroatoms. The molecule has 106 valence electrons. The Hall–Kier alpha value is -1.60. The Kier molecular flexibility index (Phi) is 4.90. The lowest BCUT2D eigenvalue weighted by Crippen LogP contribution is -2.26. The van der Waals surface area contributed by atoms with E-state index in [-0.39, 0.29) is 11.5 Å². The molecule has 0 saturated heterocycles. The minimum Gasteiger partial charge on any atom is -0.477 e. The number of rotatable bonds is 4. The molecular formula is C12H17NO5S. The first-order chi connectivity index (χ1) is 8.73. The standard InChI is InChI=1S/C12H17NO5S/c1-12(2,3)18-11(16)13-8-5-7(6-17-4)9(19-8)10(14)15/h5H,6H2,1-4H3,(H,13,16)(H,14,15). The first kappa shape index (κ1) is 15.5. The van der Waals surface area contributed by atoms with Crippen molar-refractivity contribution in [2.75, 3.05) is 12.4 Å². The number of carbonyl (C=O) groups excluding carboxylic acids is 1.